The molecule has 1 aromatic heterocycles. The normalized spacial score (nSPS) is 10.1. The number of nitrogens with zero attached hydrogens (tertiary/aromatic N) is 6. The molecular weight excluding hydrogens is 364 g/mol. The van der Waals surface area contributed by atoms with Crippen LogP contribution in [0.2, 0.25) is 0 Å². The zero-order valence-electron chi connectivity index (χ0n) is 15.3. The first kappa shape index (κ1) is 20.3. The molecule has 0 bridgehead atoms. The van der Waals surface area contributed by atoms with E-state index in [1.54, 1.807) is 12.0 Å². The zero-order chi connectivity index (χ0) is 19.6. The van der Waals surface area contributed by atoms with Gasteiger partial charge < -0.3 is 14.2 Å². The highest BCUT2D eigenvalue weighted by atomic mass is 32.2. The van der Waals surface area contributed by atoms with Crippen LogP contribution >= 0.6 is 11.8 Å². The Morgan fingerprint density at radius 1 is 1.19 bits per heavy atom. The second kappa shape index (κ2) is 10.2. The molecule has 140 valence electrons. The van der Waals surface area contributed by atoms with Gasteiger partial charge in [-0.2, -0.15) is 10.5 Å². The lowest BCUT2D eigenvalue weighted by Crippen LogP contribution is -2.34. The van der Waals surface area contributed by atoms with Crippen LogP contribution in [0.3, 0.4) is 0 Å². The number of benzene rings is 1. The summed E-state index contributed by atoms with van der Waals surface area (Å²) in [6, 6.07) is 11.5. The standard InChI is InChI=1S/C18H20N6O2S/c1-23-17(14-5-7-15(26-2)8-6-14)21-22-18(23)27-13-16(25)24(11-3-9-19)12-4-10-20/h5-8H,3-4,11-13H2,1-2H3. The second-order valence-corrected chi connectivity index (χ2v) is 6.52. The van der Waals surface area contributed by atoms with Gasteiger partial charge in [-0.15, -0.1) is 10.2 Å². The molecule has 0 N–H and O–H groups in total. The van der Waals surface area contributed by atoms with E-state index in [9.17, 15) is 4.79 Å². The van der Waals surface area contributed by atoms with Crippen molar-refractivity contribution in [1.29, 1.82) is 10.5 Å². The second-order valence-electron chi connectivity index (χ2n) is 5.58. The lowest BCUT2D eigenvalue weighted by Gasteiger charge is -2.19. The fourth-order valence-corrected chi connectivity index (χ4v) is 3.19. The number of thioether (sulfide) groups is 1. The van der Waals surface area contributed by atoms with Crippen molar-refractivity contribution in [3.8, 4) is 29.3 Å². The van der Waals surface area contributed by atoms with Gasteiger partial charge in [0, 0.05) is 25.7 Å². The van der Waals surface area contributed by atoms with Gasteiger partial charge in [-0.3, -0.25) is 4.79 Å². The molecule has 1 amide bonds. The molecule has 9 heteroatoms. The fraction of sp³-hybridized carbons (Fsp3) is 0.389. The van der Waals surface area contributed by atoms with Gasteiger partial charge in [0.25, 0.3) is 0 Å². The topological polar surface area (TPSA) is 108 Å². The third-order valence-electron chi connectivity index (χ3n) is 3.85. The SMILES string of the molecule is COc1ccc(-c2nnc(SCC(=O)N(CCC#N)CCC#N)n2C)cc1. The van der Waals surface area contributed by atoms with E-state index < -0.39 is 0 Å². The first-order chi connectivity index (χ1) is 13.1. The molecule has 0 aliphatic rings. The van der Waals surface area contributed by atoms with Crippen LogP contribution in [-0.4, -0.2) is 51.5 Å². The Morgan fingerprint density at radius 3 is 2.37 bits per heavy atom. The summed E-state index contributed by atoms with van der Waals surface area (Å²) < 4.78 is 6.98. The molecule has 0 aliphatic heterocycles. The van der Waals surface area contributed by atoms with E-state index in [-0.39, 0.29) is 24.5 Å². The molecule has 0 saturated heterocycles. The predicted molar refractivity (Wildman–Crippen MR) is 101 cm³/mol. The number of hydrogen-bond acceptors (Lipinski definition) is 7. The highest BCUT2D eigenvalue weighted by molar-refractivity contribution is 7.99. The van der Waals surface area contributed by atoms with E-state index in [1.165, 1.54) is 11.8 Å². The average molecular weight is 384 g/mol. The fourth-order valence-electron chi connectivity index (χ4n) is 2.38. The maximum Gasteiger partial charge on any atom is 0.233 e. The van der Waals surface area contributed by atoms with Crippen molar-refractivity contribution in [2.45, 2.75) is 18.0 Å². The van der Waals surface area contributed by atoms with Gasteiger partial charge >= 0.3 is 0 Å². The summed E-state index contributed by atoms with van der Waals surface area (Å²) >= 11 is 1.28. The highest BCUT2D eigenvalue weighted by Gasteiger charge is 2.17. The van der Waals surface area contributed by atoms with Crippen molar-refractivity contribution >= 4 is 17.7 Å². The summed E-state index contributed by atoms with van der Waals surface area (Å²) in [7, 11) is 3.45. The molecule has 0 spiro atoms. The van der Waals surface area contributed by atoms with Crippen molar-refractivity contribution in [2.24, 2.45) is 7.05 Å². The number of methoxy groups -OCH3 is 1. The maximum atomic E-state index is 12.4. The summed E-state index contributed by atoms with van der Waals surface area (Å²) in [6.07, 6.45) is 0.487. The Hall–Kier alpha value is -3.04. The van der Waals surface area contributed by atoms with Crippen LogP contribution in [-0.2, 0) is 11.8 Å². The third kappa shape index (κ3) is 5.47. The molecule has 27 heavy (non-hydrogen) atoms. The number of nitriles is 2. The monoisotopic (exact) mass is 384 g/mol. The van der Waals surface area contributed by atoms with Gasteiger partial charge in [-0.25, -0.2) is 0 Å². The van der Waals surface area contributed by atoms with Gasteiger partial charge in [-0.05, 0) is 24.3 Å². The van der Waals surface area contributed by atoms with Crippen LogP contribution in [0, 0.1) is 22.7 Å². The molecule has 8 nitrogen and oxygen atoms in total. The molecule has 2 aromatic rings. The van der Waals surface area contributed by atoms with E-state index in [1.807, 2.05) is 48.0 Å². The molecule has 0 aliphatic carbocycles. The van der Waals surface area contributed by atoms with Crippen LogP contribution in [0.4, 0.5) is 0 Å². The Balaban J connectivity index is 2.03. The molecule has 1 heterocycles. The van der Waals surface area contributed by atoms with Gasteiger partial charge in [0.05, 0.1) is 37.8 Å². The minimum Gasteiger partial charge on any atom is -0.497 e. The quantitative estimate of drug-likeness (QED) is 0.610. The molecule has 0 radical (unpaired) electrons. The lowest BCUT2D eigenvalue weighted by molar-refractivity contribution is -0.128. The summed E-state index contributed by atoms with van der Waals surface area (Å²) in [4.78, 5) is 13.9. The van der Waals surface area contributed by atoms with Crippen LogP contribution in [0.5, 0.6) is 5.75 Å². The molecule has 0 atom stereocenters. The summed E-state index contributed by atoms with van der Waals surface area (Å²) in [5.74, 6) is 1.50. The number of carbonyl (C=O) groups excluding carboxylic acids is 1. The number of amides is 1. The molecule has 0 saturated carbocycles. The Labute approximate surface area is 162 Å². The lowest BCUT2D eigenvalue weighted by atomic mass is 10.2. The number of aromatic nitrogens is 3. The number of carbonyl (C=O) groups is 1. The number of rotatable bonds is 9. The van der Waals surface area contributed by atoms with E-state index >= 15 is 0 Å². The first-order valence-corrected chi connectivity index (χ1v) is 9.27. The molecule has 0 fully saturated rings. The first-order valence-electron chi connectivity index (χ1n) is 8.29. The van der Waals surface area contributed by atoms with Gasteiger partial charge in [-0.1, -0.05) is 11.8 Å². The van der Waals surface area contributed by atoms with Crippen molar-refractivity contribution < 1.29 is 9.53 Å². The van der Waals surface area contributed by atoms with Gasteiger partial charge in [0.15, 0.2) is 11.0 Å². The van der Waals surface area contributed by atoms with E-state index in [2.05, 4.69) is 10.2 Å². The minimum absolute atomic E-state index is 0.125. The largest absolute Gasteiger partial charge is 0.497 e. The summed E-state index contributed by atoms with van der Waals surface area (Å²) in [5.41, 5.74) is 0.897. The smallest absolute Gasteiger partial charge is 0.233 e. The molecule has 2 rings (SSSR count). The van der Waals surface area contributed by atoms with Crippen molar-refractivity contribution in [2.75, 3.05) is 26.0 Å². The average Bonchev–Trinajstić information content (AvgIpc) is 3.06. The zero-order valence-corrected chi connectivity index (χ0v) is 16.1. The van der Waals surface area contributed by atoms with Crippen LogP contribution < -0.4 is 4.74 Å². The Morgan fingerprint density at radius 2 is 1.81 bits per heavy atom. The Bertz CT molecular complexity index is 832. The summed E-state index contributed by atoms with van der Waals surface area (Å²) in [6.45, 7) is 0.654. The van der Waals surface area contributed by atoms with Gasteiger partial charge in [0.1, 0.15) is 5.75 Å². The molecule has 1 aromatic carbocycles. The Kier molecular flexibility index (Phi) is 7.65. The van der Waals surface area contributed by atoms with Crippen molar-refractivity contribution in [3.05, 3.63) is 24.3 Å². The minimum atomic E-state index is -0.125. The summed E-state index contributed by atoms with van der Waals surface area (Å²) in [5, 5.41) is 26.4. The van der Waals surface area contributed by atoms with Crippen LogP contribution in [0.25, 0.3) is 11.4 Å². The number of hydrogen-bond donors (Lipinski definition) is 0. The molecule has 0 unspecified atom stereocenters. The van der Waals surface area contributed by atoms with Crippen LogP contribution in [0.15, 0.2) is 29.4 Å². The van der Waals surface area contributed by atoms with E-state index in [4.69, 9.17) is 15.3 Å². The van der Waals surface area contributed by atoms with E-state index in [0.29, 0.717) is 24.1 Å². The molecular formula is C18H20N6O2S. The number of ether oxygens (including phenoxy) is 1. The third-order valence-corrected chi connectivity index (χ3v) is 4.85. The van der Waals surface area contributed by atoms with Crippen molar-refractivity contribution in [1.82, 2.24) is 19.7 Å². The van der Waals surface area contributed by atoms with Gasteiger partial charge in [0.2, 0.25) is 5.91 Å². The van der Waals surface area contributed by atoms with Crippen molar-refractivity contribution in [3.63, 3.8) is 0 Å². The maximum absolute atomic E-state index is 12.4. The predicted octanol–water partition coefficient (Wildman–Crippen LogP) is 2.24. The van der Waals surface area contributed by atoms with Crippen LogP contribution in [0.1, 0.15) is 12.8 Å². The highest BCUT2D eigenvalue weighted by Crippen LogP contribution is 2.24. The van der Waals surface area contributed by atoms with E-state index in [0.717, 1.165) is 11.3 Å².